The predicted octanol–water partition coefficient (Wildman–Crippen LogP) is 8.27. The Morgan fingerprint density at radius 1 is 0.924 bits per heavy atom. The Bertz CT molecular complexity index is 1830. The highest BCUT2D eigenvalue weighted by Gasteiger charge is 2.42. The van der Waals surface area contributed by atoms with Gasteiger partial charge in [0.15, 0.2) is 20.2 Å². The SMILES string of the molecule is C/C=C(\C)[C@@H](O[Si](C)(C)C(C)(C)C)[C@@H](C)[C@H](C/C=C(\C)C(=O)O[C@H](CC(C)C)C(=O)N[C@@H](C)C(=O)N(C)[C@H](Cc1ccc(F)cc1)C(=O)N(C)CC(=O)N[C@H](C(C)=O)C(C)CC)OCSC. The summed E-state index contributed by atoms with van der Waals surface area (Å²) in [6.45, 7) is 28.9. The van der Waals surface area contributed by atoms with Gasteiger partial charge in [-0.3, -0.25) is 24.0 Å². The van der Waals surface area contributed by atoms with Crippen LogP contribution < -0.4 is 10.6 Å². The van der Waals surface area contributed by atoms with Crippen molar-refractivity contribution in [2.75, 3.05) is 32.8 Å². The van der Waals surface area contributed by atoms with E-state index in [4.69, 9.17) is 13.9 Å². The number of halogens is 1. The van der Waals surface area contributed by atoms with Crippen LogP contribution >= 0.6 is 11.8 Å². The zero-order chi connectivity index (χ0) is 50.9. The number of ether oxygens (including phenoxy) is 2. The largest absolute Gasteiger partial charge is 0.449 e. The van der Waals surface area contributed by atoms with E-state index in [9.17, 15) is 33.2 Å². The number of Topliss-reactive ketones (excluding diaryl/α,β-unsaturated/α-hetero) is 1. The molecule has 0 heterocycles. The monoisotopic (exact) mass is 963 g/mol. The van der Waals surface area contributed by atoms with Gasteiger partial charge in [-0.15, -0.1) is 11.8 Å². The van der Waals surface area contributed by atoms with Crippen molar-refractivity contribution in [2.24, 2.45) is 17.8 Å². The van der Waals surface area contributed by atoms with E-state index in [0.717, 1.165) is 5.57 Å². The van der Waals surface area contributed by atoms with Crippen molar-refractivity contribution in [3.05, 3.63) is 58.9 Å². The van der Waals surface area contributed by atoms with E-state index in [1.165, 1.54) is 62.0 Å². The molecule has 13 nitrogen and oxygen atoms in total. The first-order chi connectivity index (χ1) is 30.5. The molecule has 0 saturated heterocycles. The Morgan fingerprint density at radius 2 is 1.52 bits per heavy atom. The minimum atomic E-state index is -2.17. The fraction of sp³-hybridized carbons (Fsp3) is 0.680. The van der Waals surface area contributed by atoms with Gasteiger partial charge in [-0.1, -0.05) is 86.1 Å². The molecule has 1 unspecified atom stereocenters. The minimum Gasteiger partial charge on any atom is -0.449 e. The van der Waals surface area contributed by atoms with Gasteiger partial charge in [-0.05, 0) is 107 Å². The van der Waals surface area contributed by atoms with Gasteiger partial charge in [0.1, 0.15) is 17.9 Å². The third-order valence-corrected chi connectivity index (χ3v) is 17.5. The average molecular weight is 963 g/mol. The summed E-state index contributed by atoms with van der Waals surface area (Å²) < 4.78 is 33.0. The summed E-state index contributed by atoms with van der Waals surface area (Å²) in [5, 5.41) is 5.42. The summed E-state index contributed by atoms with van der Waals surface area (Å²) in [7, 11) is 0.660. The van der Waals surface area contributed by atoms with Crippen LogP contribution in [0.15, 0.2) is 47.6 Å². The molecule has 1 rings (SSSR count). The Kier molecular flexibility index (Phi) is 25.4. The van der Waals surface area contributed by atoms with Crippen molar-refractivity contribution < 1.29 is 47.1 Å². The lowest BCUT2D eigenvalue weighted by atomic mass is 9.90. The fourth-order valence-electron chi connectivity index (χ4n) is 7.00. The average Bonchev–Trinajstić information content (AvgIpc) is 3.24. The van der Waals surface area contributed by atoms with E-state index in [2.05, 4.69) is 64.4 Å². The molecule has 66 heavy (non-hydrogen) atoms. The quantitative estimate of drug-likeness (QED) is 0.0289. The standard InChI is InChI=1S/C50H83FN4O9SSi/c1-19-32(5)44(37(10)56)53-43(57)29-54(14)48(60)40(28-38-22-24-39(51)25-23-38)55(15)47(59)36(9)52-46(58)42(27-31(3)4)63-49(61)34(7)21-26-41(62-30-65-16)35(8)45(33(6)20-2)64-66(17,18)50(11,12)13/h20-25,31-32,35-36,40-42,44-45H,19,26-30H2,1-18H3,(H,52,58)(H,53,57)/b33-20+,34-21+/t32?,35-,36-,40+,41-,42+,44-,45+/m0/s1. The second-order valence-electron chi connectivity index (χ2n) is 19.7. The van der Waals surface area contributed by atoms with Crippen molar-refractivity contribution in [3.63, 3.8) is 0 Å². The van der Waals surface area contributed by atoms with Gasteiger partial charge >= 0.3 is 5.97 Å². The number of nitrogens with zero attached hydrogens (tertiary/aromatic N) is 2. The number of carbonyl (C=O) groups excluding carboxylic acids is 6. The van der Waals surface area contributed by atoms with E-state index >= 15 is 0 Å². The van der Waals surface area contributed by atoms with Gasteiger partial charge < -0.3 is 34.3 Å². The number of hydrogen-bond acceptors (Lipinski definition) is 10. The van der Waals surface area contributed by atoms with Crippen LogP contribution in [0.5, 0.6) is 0 Å². The molecular formula is C50H83FN4O9SSi. The molecule has 2 N–H and O–H groups in total. The van der Waals surface area contributed by atoms with E-state index in [0.29, 0.717) is 29.9 Å². The third kappa shape index (κ3) is 19.0. The maximum absolute atomic E-state index is 14.1. The Balaban J connectivity index is 3.34. The second-order valence-corrected chi connectivity index (χ2v) is 25.3. The Hall–Kier alpha value is -3.86. The highest BCUT2D eigenvalue weighted by Crippen LogP contribution is 2.40. The van der Waals surface area contributed by atoms with Crippen LogP contribution in [0.4, 0.5) is 4.39 Å². The van der Waals surface area contributed by atoms with Crippen LogP contribution in [0, 0.1) is 23.6 Å². The molecule has 0 aliphatic carbocycles. The van der Waals surface area contributed by atoms with Gasteiger partial charge in [0, 0.05) is 32.0 Å². The number of benzene rings is 1. The van der Waals surface area contributed by atoms with Gasteiger partial charge in [-0.2, -0.15) is 0 Å². The summed E-state index contributed by atoms with van der Waals surface area (Å²) in [6, 6.07) is 2.42. The van der Waals surface area contributed by atoms with Crippen LogP contribution in [0.2, 0.25) is 18.1 Å². The zero-order valence-electron chi connectivity index (χ0n) is 43.3. The first-order valence-corrected chi connectivity index (χ1v) is 27.5. The Morgan fingerprint density at radius 3 is 2.02 bits per heavy atom. The van der Waals surface area contributed by atoms with E-state index in [1.54, 1.807) is 24.8 Å². The summed E-state index contributed by atoms with van der Waals surface area (Å²) in [4.78, 5) is 83.4. The van der Waals surface area contributed by atoms with Crippen molar-refractivity contribution in [2.45, 2.75) is 170 Å². The number of thioether (sulfide) groups is 1. The molecule has 374 valence electrons. The van der Waals surface area contributed by atoms with Crippen LogP contribution in [0.3, 0.4) is 0 Å². The highest BCUT2D eigenvalue weighted by atomic mass is 32.2. The number of hydrogen-bond donors (Lipinski definition) is 2. The molecule has 1 aromatic carbocycles. The molecule has 0 fully saturated rings. The molecular weight excluding hydrogens is 880 g/mol. The highest BCUT2D eigenvalue weighted by molar-refractivity contribution is 7.98. The summed E-state index contributed by atoms with van der Waals surface area (Å²) in [5.41, 5.74) is 1.95. The van der Waals surface area contributed by atoms with Crippen LogP contribution in [0.1, 0.15) is 115 Å². The minimum absolute atomic E-state index is 0.00478. The van der Waals surface area contributed by atoms with Gasteiger partial charge in [0.2, 0.25) is 17.7 Å². The lowest BCUT2D eigenvalue weighted by molar-refractivity contribution is -0.154. The third-order valence-electron chi connectivity index (χ3n) is 12.7. The summed E-state index contributed by atoms with van der Waals surface area (Å²) in [6.07, 6.45) is 5.26. The molecule has 0 aliphatic heterocycles. The van der Waals surface area contributed by atoms with Gasteiger partial charge in [0.25, 0.3) is 5.91 Å². The number of likely N-dealkylation sites (N-methyl/N-ethyl adjacent to an activating group) is 2. The lowest BCUT2D eigenvalue weighted by Crippen LogP contribution is -2.56. The molecule has 0 bridgehead atoms. The molecule has 0 saturated carbocycles. The van der Waals surface area contributed by atoms with Crippen LogP contribution in [-0.4, -0.2) is 123 Å². The normalized spacial score (nSPS) is 16.2. The maximum atomic E-state index is 14.1. The molecule has 0 radical (unpaired) electrons. The van der Waals surface area contributed by atoms with Crippen molar-refractivity contribution in [3.8, 4) is 0 Å². The zero-order valence-corrected chi connectivity index (χ0v) is 45.1. The number of carbonyl (C=O) groups is 6. The number of ketones is 1. The molecule has 8 atom stereocenters. The molecule has 4 amide bonds. The predicted molar refractivity (Wildman–Crippen MR) is 266 cm³/mol. The summed E-state index contributed by atoms with van der Waals surface area (Å²) >= 11 is 1.56. The fourth-order valence-corrected chi connectivity index (χ4v) is 8.70. The van der Waals surface area contributed by atoms with Gasteiger partial charge in [0.05, 0.1) is 30.7 Å². The second kappa shape index (κ2) is 27.8. The molecule has 1 aromatic rings. The first kappa shape index (κ1) is 60.2. The topological polar surface area (TPSA) is 161 Å². The Labute approximate surface area is 401 Å². The molecule has 16 heteroatoms. The van der Waals surface area contributed by atoms with Crippen LogP contribution in [-0.2, 0) is 49.1 Å². The number of amides is 4. The molecule has 0 aliphatic rings. The lowest BCUT2D eigenvalue weighted by Gasteiger charge is -2.42. The number of esters is 1. The summed E-state index contributed by atoms with van der Waals surface area (Å²) in [5.74, 6) is -3.62. The van der Waals surface area contributed by atoms with Gasteiger partial charge in [-0.25, -0.2) is 9.18 Å². The van der Waals surface area contributed by atoms with Crippen molar-refractivity contribution in [1.29, 1.82) is 0 Å². The first-order valence-electron chi connectivity index (χ1n) is 23.2. The van der Waals surface area contributed by atoms with Crippen molar-refractivity contribution in [1.82, 2.24) is 20.4 Å². The number of rotatable bonds is 27. The smallest absolute Gasteiger partial charge is 0.334 e. The molecule has 0 aromatic heterocycles. The number of allylic oxidation sites excluding steroid dienone is 1. The number of nitrogens with one attached hydrogen (secondary N) is 2. The van der Waals surface area contributed by atoms with Crippen LogP contribution in [0.25, 0.3) is 0 Å². The maximum Gasteiger partial charge on any atom is 0.334 e. The molecule has 0 spiro atoms. The van der Waals surface area contributed by atoms with E-state index in [1.807, 2.05) is 40.9 Å². The van der Waals surface area contributed by atoms with E-state index in [-0.39, 0.29) is 53.6 Å². The van der Waals surface area contributed by atoms with Crippen molar-refractivity contribution >= 4 is 55.5 Å². The van der Waals surface area contributed by atoms with E-state index < -0.39 is 74.5 Å².